The van der Waals surface area contributed by atoms with E-state index in [4.69, 9.17) is 5.11 Å². The average molecular weight is 259 g/mol. The lowest BCUT2D eigenvalue weighted by molar-refractivity contribution is 0.282. The zero-order valence-corrected chi connectivity index (χ0v) is 10.2. The Morgan fingerprint density at radius 2 is 2.06 bits per heavy atom. The standard InChI is InChI=1S/C14H10FNOS/c15-11-4-5-12-13(7-11)18-14(16-12)10-3-1-2-9(6-10)8-17/h1-7,17H,8H2. The van der Waals surface area contributed by atoms with E-state index in [-0.39, 0.29) is 12.4 Å². The molecule has 0 amide bonds. The first-order valence-electron chi connectivity index (χ1n) is 5.52. The van der Waals surface area contributed by atoms with Gasteiger partial charge in [0.25, 0.3) is 0 Å². The van der Waals surface area contributed by atoms with Crippen molar-refractivity contribution in [3.8, 4) is 10.6 Å². The molecular formula is C14H10FNOS. The molecule has 0 bridgehead atoms. The number of halogens is 1. The van der Waals surface area contributed by atoms with Gasteiger partial charge in [-0.05, 0) is 29.8 Å². The zero-order valence-electron chi connectivity index (χ0n) is 9.43. The quantitative estimate of drug-likeness (QED) is 0.763. The van der Waals surface area contributed by atoms with Gasteiger partial charge in [0.2, 0.25) is 0 Å². The summed E-state index contributed by atoms with van der Waals surface area (Å²) in [6, 6.07) is 12.2. The fourth-order valence-corrected chi connectivity index (χ4v) is 2.81. The van der Waals surface area contributed by atoms with Crippen LogP contribution in [0.4, 0.5) is 4.39 Å². The van der Waals surface area contributed by atoms with Crippen molar-refractivity contribution < 1.29 is 9.50 Å². The van der Waals surface area contributed by atoms with Crippen LogP contribution in [-0.2, 0) is 6.61 Å². The van der Waals surface area contributed by atoms with Crippen molar-refractivity contribution in [2.75, 3.05) is 0 Å². The highest BCUT2D eigenvalue weighted by molar-refractivity contribution is 7.21. The van der Waals surface area contributed by atoms with Gasteiger partial charge in [-0.1, -0.05) is 18.2 Å². The third-order valence-corrected chi connectivity index (χ3v) is 3.77. The van der Waals surface area contributed by atoms with Gasteiger partial charge < -0.3 is 5.11 Å². The molecule has 0 aliphatic rings. The van der Waals surface area contributed by atoms with Crippen LogP contribution in [0, 0.1) is 5.82 Å². The molecule has 0 unspecified atom stereocenters. The van der Waals surface area contributed by atoms with Crippen LogP contribution >= 0.6 is 11.3 Å². The topological polar surface area (TPSA) is 33.1 Å². The molecule has 3 rings (SSSR count). The van der Waals surface area contributed by atoms with E-state index < -0.39 is 0 Å². The van der Waals surface area contributed by atoms with E-state index in [0.29, 0.717) is 0 Å². The van der Waals surface area contributed by atoms with Crippen molar-refractivity contribution in [2.45, 2.75) is 6.61 Å². The Hall–Kier alpha value is -1.78. The van der Waals surface area contributed by atoms with E-state index in [1.165, 1.54) is 23.5 Å². The number of hydrogen-bond acceptors (Lipinski definition) is 3. The van der Waals surface area contributed by atoms with Crippen LogP contribution in [0.25, 0.3) is 20.8 Å². The van der Waals surface area contributed by atoms with Gasteiger partial charge in [0.15, 0.2) is 0 Å². The minimum absolute atomic E-state index is 0.00730. The molecule has 1 N–H and O–H groups in total. The molecule has 90 valence electrons. The molecule has 1 aromatic heterocycles. The van der Waals surface area contributed by atoms with E-state index in [2.05, 4.69) is 4.98 Å². The molecular weight excluding hydrogens is 249 g/mol. The Labute approximate surface area is 107 Å². The Kier molecular flexibility index (Phi) is 2.81. The maximum absolute atomic E-state index is 13.1. The smallest absolute Gasteiger partial charge is 0.124 e. The SMILES string of the molecule is OCc1cccc(-c2nc3ccc(F)cc3s2)c1. The van der Waals surface area contributed by atoms with Crippen molar-refractivity contribution in [3.05, 3.63) is 53.8 Å². The molecule has 4 heteroatoms. The minimum Gasteiger partial charge on any atom is -0.392 e. The molecule has 0 atom stereocenters. The number of hydrogen-bond donors (Lipinski definition) is 1. The fourth-order valence-electron chi connectivity index (χ4n) is 1.82. The molecule has 0 saturated carbocycles. The monoisotopic (exact) mass is 259 g/mol. The first-order valence-corrected chi connectivity index (χ1v) is 6.34. The predicted octanol–water partition coefficient (Wildman–Crippen LogP) is 3.59. The summed E-state index contributed by atoms with van der Waals surface area (Å²) in [5, 5.41) is 9.96. The van der Waals surface area contributed by atoms with Crippen LogP contribution in [0.5, 0.6) is 0 Å². The Morgan fingerprint density at radius 3 is 2.89 bits per heavy atom. The predicted molar refractivity (Wildman–Crippen MR) is 70.9 cm³/mol. The lowest BCUT2D eigenvalue weighted by atomic mass is 10.1. The molecule has 0 fully saturated rings. The van der Waals surface area contributed by atoms with Gasteiger partial charge in [-0.25, -0.2) is 9.37 Å². The molecule has 0 aliphatic carbocycles. The van der Waals surface area contributed by atoms with E-state index in [1.54, 1.807) is 6.07 Å². The summed E-state index contributed by atoms with van der Waals surface area (Å²) in [6.07, 6.45) is 0. The summed E-state index contributed by atoms with van der Waals surface area (Å²) in [4.78, 5) is 4.47. The van der Waals surface area contributed by atoms with Crippen LogP contribution in [0.3, 0.4) is 0 Å². The lowest BCUT2D eigenvalue weighted by Crippen LogP contribution is -1.83. The number of aliphatic hydroxyl groups is 1. The van der Waals surface area contributed by atoms with Gasteiger partial charge in [-0.15, -0.1) is 11.3 Å². The van der Waals surface area contributed by atoms with Gasteiger partial charge in [-0.2, -0.15) is 0 Å². The average Bonchev–Trinajstić information content (AvgIpc) is 2.81. The number of benzene rings is 2. The van der Waals surface area contributed by atoms with Crippen LogP contribution in [0.15, 0.2) is 42.5 Å². The van der Waals surface area contributed by atoms with Crippen LogP contribution < -0.4 is 0 Å². The molecule has 0 radical (unpaired) electrons. The largest absolute Gasteiger partial charge is 0.392 e. The van der Waals surface area contributed by atoms with Gasteiger partial charge >= 0.3 is 0 Å². The number of rotatable bonds is 2. The van der Waals surface area contributed by atoms with Crippen molar-refractivity contribution in [1.82, 2.24) is 4.98 Å². The molecule has 0 spiro atoms. The second-order valence-electron chi connectivity index (χ2n) is 3.99. The summed E-state index contributed by atoms with van der Waals surface area (Å²) < 4.78 is 13.9. The number of nitrogens with zero attached hydrogens (tertiary/aromatic N) is 1. The highest BCUT2D eigenvalue weighted by Gasteiger charge is 2.07. The minimum atomic E-state index is -0.248. The third-order valence-electron chi connectivity index (χ3n) is 2.71. The van der Waals surface area contributed by atoms with Crippen LogP contribution in [0.1, 0.15) is 5.56 Å². The van der Waals surface area contributed by atoms with Crippen molar-refractivity contribution in [3.63, 3.8) is 0 Å². The van der Waals surface area contributed by atoms with Gasteiger partial charge in [0.1, 0.15) is 10.8 Å². The highest BCUT2D eigenvalue weighted by Crippen LogP contribution is 2.30. The second-order valence-corrected chi connectivity index (χ2v) is 5.02. The van der Waals surface area contributed by atoms with E-state index in [9.17, 15) is 4.39 Å². The van der Waals surface area contributed by atoms with Gasteiger partial charge in [-0.3, -0.25) is 0 Å². The first-order chi connectivity index (χ1) is 8.76. The molecule has 1 heterocycles. The van der Waals surface area contributed by atoms with E-state index >= 15 is 0 Å². The lowest BCUT2D eigenvalue weighted by Gasteiger charge is -1.98. The van der Waals surface area contributed by atoms with Gasteiger partial charge in [0.05, 0.1) is 16.8 Å². The normalized spacial score (nSPS) is 11.0. The zero-order chi connectivity index (χ0) is 12.5. The van der Waals surface area contributed by atoms with Crippen LogP contribution in [0.2, 0.25) is 0 Å². The molecule has 0 saturated heterocycles. The van der Waals surface area contributed by atoms with Crippen molar-refractivity contribution in [2.24, 2.45) is 0 Å². The maximum Gasteiger partial charge on any atom is 0.124 e. The highest BCUT2D eigenvalue weighted by atomic mass is 32.1. The van der Waals surface area contributed by atoms with Crippen molar-refractivity contribution in [1.29, 1.82) is 0 Å². The van der Waals surface area contributed by atoms with Gasteiger partial charge in [0, 0.05) is 5.56 Å². The van der Waals surface area contributed by atoms with E-state index in [0.717, 1.165) is 26.4 Å². The third kappa shape index (κ3) is 2.00. The number of thiazole rings is 1. The van der Waals surface area contributed by atoms with E-state index in [1.807, 2.05) is 24.3 Å². The van der Waals surface area contributed by atoms with Crippen LogP contribution in [-0.4, -0.2) is 10.1 Å². The number of aromatic nitrogens is 1. The summed E-state index contributed by atoms with van der Waals surface area (Å²) in [5.41, 5.74) is 2.59. The summed E-state index contributed by atoms with van der Waals surface area (Å²) in [5.74, 6) is -0.248. The van der Waals surface area contributed by atoms with Crippen molar-refractivity contribution >= 4 is 21.6 Å². The summed E-state index contributed by atoms with van der Waals surface area (Å²) in [6.45, 7) is 0.00730. The maximum atomic E-state index is 13.1. The Morgan fingerprint density at radius 1 is 1.17 bits per heavy atom. The summed E-state index contributed by atoms with van der Waals surface area (Å²) in [7, 11) is 0. The fraction of sp³-hybridized carbons (Fsp3) is 0.0714. The molecule has 0 aliphatic heterocycles. The molecule has 2 aromatic carbocycles. The number of fused-ring (bicyclic) bond motifs is 1. The molecule has 18 heavy (non-hydrogen) atoms. The summed E-state index contributed by atoms with van der Waals surface area (Å²) >= 11 is 1.45. The second kappa shape index (κ2) is 4.48. The molecule has 3 aromatic rings. The Bertz CT molecular complexity index is 708. The Balaban J connectivity index is 2.13. The first kappa shape index (κ1) is 11.3. The molecule has 2 nitrogen and oxygen atoms in total. The number of aliphatic hydroxyl groups excluding tert-OH is 1.